The van der Waals surface area contributed by atoms with Gasteiger partial charge in [0.1, 0.15) is 5.82 Å². The largest absolute Gasteiger partial charge is 0.375 e. The Kier molecular flexibility index (Phi) is 7.40. The molecule has 2 aliphatic heterocycles. The highest BCUT2D eigenvalue weighted by molar-refractivity contribution is 5.94. The summed E-state index contributed by atoms with van der Waals surface area (Å²) < 4.78 is 11.5. The minimum Gasteiger partial charge on any atom is -0.375 e. The van der Waals surface area contributed by atoms with Crippen LogP contribution in [-0.2, 0) is 22.6 Å². The van der Waals surface area contributed by atoms with Crippen LogP contribution in [0.3, 0.4) is 0 Å². The third kappa shape index (κ3) is 5.85. The maximum absolute atomic E-state index is 12.9. The van der Waals surface area contributed by atoms with E-state index in [0.717, 1.165) is 44.1 Å². The number of pyridine rings is 1. The molecule has 0 saturated carbocycles. The molecule has 3 unspecified atom stereocenters. The van der Waals surface area contributed by atoms with E-state index >= 15 is 0 Å². The van der Waals surface area contributed by atoms with Gasteiger partial charge in [-0.2, -0.15) is 0 Å². The lowest BCUT2D eigenvalue weighted by Crippen LogP contribution is -2.45. The van der Waals surface area contributed by atoms with Crippen molar-refractivity contribution in [3.05, 3.63) is 59.3 Å². The van der Waals surface area contributed by atoms with Crippen molar-refractivity contribution in [2.75, 3.05) is 37.7 Å². The number of ether oxygens (including phenoxy) is 2. The van der Waals surface area contributed by atoms with Gasteiger partial charge in [-0.05, 0) is 44.0 Å². The fourth-order valence-corrected chi connectivity index (χ4v) is 4.58. The van der Waals surface area contributed by atoms with Crippen molar-refractivity contribution < 1.29 is 14.3 Å². The van der Waals surface area contributed by atoms with Crippen LogP contribution in [0.2, 0.25) is 0 Å². The van der Waals surface area contributed by atoms with Crippen LogP contribution in [-0.4, -0.2) is 66.9 Å². The second-order valence-electron chi connectivity index (χ2n) is 8.93. The molecular weight excluding hydrogens is 404 g/mol. The van der Waals surface area contributed by atoms with Crippen LogP contribution >= 0.6 is 0 Å². The number of aromatic nitrogens is 1. The van der Waals surface area contributed by atoms with Gasteiger partial charge < -0.3 is 19.7 Å². The number of amides is 1. The van der Waals surface area contributed by atoms with E-state index in [1.165, 1.54) is 5.56 Å². The van der Waals surface area contributed by atoms with Gasteiger partial charge in [0.05, 0.1) is 24.9 Å². The van der Waals surface area contributed by atoms with Crippen molar-refractivity contribution in [2.45, 2.75) is 52.2 Å². The van der Waals surface area contributed by atoms with E-state index in [1.807, 2.05) is 12.1 Å². The van der Waals surface area contributed by atoms with Crippen LogP contribution in [0.4, 0.5) is 5.82 Å². The highest BCUT2D eigenvalue weighted by Gasteiger charge is 2.23. The molecule has 2 fully saturated rings. The second kappa shape index (κ2) is 10.4. The average Bonchev–Trinajstić information content (AvgIpc) is 2.78. The Balaban J connectivity index is 1.39. The maximum atomic E-state index is 12.9. The predicted octanol–water partition coefficient (Wildman–Crippen LogP) is 2.85. The second-order valence-corrected chi connectivity index (χ2v) is 8.93. The Hall–Kier alpha value is -2.48. The summed E-state index contributed by atoms with van der Waals surface area (Å²) in [5.41, 5.74) is 3.01. The Morgan fingerprint density at radius 3 is 2.56 bits per heavy atom. The van der Waals surface area contributed by atoms with Gasteiger partial charge in [0, 0.05) is 51.0 Å². The fourth-order valence-electron chi connectivity index (χ4n) is 4.58. The first kappa shape index (κ1) is 22.7. The first-order chi connectivity index (χ1) is 15.5. The maximum Gasteiger partial charge on any atom is 0.251 e. The van der Waals surface area contributed by atoms with E-state index < -0.39 is 0 Å². The quantitative estimate of drug-likeness (QED) is 0.748. The molecule has 4 rings (SSSR count). The average molecular weight is 439 g/mol. The molecule has 32 heavy (non-hydrogen) atoms. The zero-order chi connectivity index (χ0) is 22.5. The van der Waals surface area contributed by atoms with E-state index in [2.05, 4.69) is 59.1 Å². The number of nitrogens with zero attached hydrogens (tertiary/aromatic N) is 3. The molecule has 3 heterocycles. The third-order valence-corrected chi connectivity index (χ3v) is 6.02. The molecule has 2 aliphatic rings. The molecule has 1 aromatic heterocycles. The Labute approximate surface area is 190 Å². The molecular formula is C25H34N4O3. The summed E-state index contributed by atoms with van der Waals surface area (Å²) in [6.07, 6.45) is 2.35. The van der Waals surface area contributed by atoms with Crippen molar-refractivity contribution in [3.63, 3.8) is 0 Å². The van der Waals surface area contributed by atoms with Gasteiger partial charge in [0.25, 0.3) is 5.91 Å². The number of rotatable bonds is 6. The normalized spacial score (nSPS) is 24.3. The van der Waals surface area contributed by atoms with Gasteiger partial charge in [-0.1, -0.05) is 24.3 Å². The molecule has 0 aliphatic carbocycles. The topological polar surface area (TPSA) is 66.9 Å². The van der Waals surface area contributed by atoms with E-state index in [-0.39, 0.29) is 24.2 Å². The summed E-state index contributed by atoms with van der Waals surface area (Å²) in [7, 11) is 0. The number of hydrogen-bond acceptors (Lipinski definition) is 6. The molecule has 1 N–H and O–H groups in total. The molecule has 2 aromatic rings. The fraction of sp³-hybridized carbons (Fsp3) is 0.520. The summed E-state index contributed by atoms with van der Waals surface area (Å²) in [4.78, 5) is 22.0. The van der Waals surface area contributed by atoms with Crippen molar-refractivity contribution >= 4 is 11.7 Å². The highest BCUT2D eigenvalue weighted by Crippen LogP contribution is 2.19. The molecule has 0 bridgehead atoms. The molecule has 7 heteroatoms. The van der Waals surface area contributed by atoms with Crippen molar-refractivity contribution in [1.82, 2.24) is 15.2 Å². The summed E-state index contributed by atoms with van der Waals surface area (Å²) >= 11 is 0. The van der Waals surface area contributed by atoms with Crippen LogP contribution < -0.4 is 10.2 Å². The lowest BCUT2D eigenvalue weighted by molar-refractivity contribution is -0.0705. The number of nitrogens with one attached hydrogen (secondary N) is 1. The number of morpholine rings is 2. The van der Waals surface area contributed by atoms with E-state index in [0.29, 0.717) is 18.7 Å². The van der Waals surface area contributed by atoms with Gasteiger partial charge >= 0.3 is 0 Å². The van der Waals surface area contributed by atoms with E-state index in [1.54, 1.807) is 12.3 Å². The van der Waals surface area contributed by atoms with Crippen LogP contribution in [0.15, 0.2) is 42.6 Å². The smallest absolute Gasteiger partial charge is 0.251 e. The van der Waals surface area contributed by atoms with Gasteiger partial charge in [0.15, 0.2) is 0 Å². The van der Waals surface area contributed by atoms with Crippen LogP contribution in [0.5, 0.6) is 0 Å². The van der Waals surface area contributed by atoms with E-state index in [9.17, 15) is 4.79 Å². The Morgan fingerprint density at radius 2 is 1.81 bits per heavy atom. The van der Waals surface area contributed by atoms with Crippen molar-refractivity contribution in [1.29, 1.82) is 0 Å². The number of anilines is 1. The van der Waals surface area contributed by atoms with Crippen LogP contribution in [0, 0.1) is 0 Å². The zero-order valence-corrected chi connectivity index (χ0v) is 19.3. The van der Waals surface area contributed by atoms with Gasteiger partial charge in [-0.15, -0.1) is 0 Å². The molecule has 3 atom stereocenters. The van der Waals surface area contributed by atoms with Crippen LogP contribution in [0.25, 0.3) is 0 Å². The number of hydrogen-bond donors (Lipinski definition) is 1. The summed E-state index contributed by atoms with van der Waals surface area (Å²) in [6, 6.07) is 12.0. The molecule has 0 radical (unpaired) electrons. The predicted molar refractivity (Wildman–Crippen MR) is 125 cm³/mol. The standard InChI is InChI=1S/C25H34N4O3/c1-18-16-29(10-11-31-18)24-12-21(8-9-26-24)25(30)27-13-22-6-4-5-7-23(22)17-28-14-19(2)32-20(3)15-28/h4-9,12,18-20H,10-11,13-17H2,1-3H3,(H,27,30). The molecule has 0 spiro atoms. The number of carbonyl (C=O) groups is 1. The SMILES string of the molecule is CC1CN(c2cc(C(=O)NCc3ccccc3CN3CC(C)OC(C)C3)ccn2)CCO1. The third-order valence-electron chi connectivity index (χ3n) is 6.02. The zero-order valence-electron chi connectivity index (χ0n) is 19.3. The summed E-state index contributed by atoms with van der Waals surface area (Å²) in [5, 5.41) is 3.10. The Bertz CT molecular complexity index is 912. The minimum absolute atomic E-state index is 0.0848. The van der Waals surface area contributed by atoms with Crippen LogP contribution in [0.1, 0.15) is 42.3 Å². The van der Waals surface area contributed by atoms with E-state index in [4.69, 9.17) is 9.47 Å². The minimum atomic E-state index is -0.0848. The van der Waals surface area contributed by atoms with Crippen molar-refractivity contribution in [3.8, 4) is 0 Å². The molecule has 172 valence electrons. The number of benzene rings is 1. The van der Waals surface area contributed by atoms with Gasteiger partial charge in [-0.25, -0.2) is 4.98 Å². The lowest BCUT2D eigenvalue weighted by Gasteiger charge is -2.35. The summed E-state index contributed by atoms with van der Waals surface area (Å²) in [5.74, 6) is 0.738. The van der Waals surface area contributed by atoms with Gasteiger partial charge in [-0.3, -0.25) is 9.69 Å². The highest BCUT2D eigenvalue weighted by atomic mass is 16.5. The monoisotopic (exact) mass is 438 g/mol. The molecule has 1 amide bonds. The van der Waals surface area contributed by atoms with Gasteiger partial charge in [0.2, 0.25) is 0 Å². The molecule has 7 nitrogen and oxygen atoms in total. The molecule has 2 saturated heterocycles. The van der Waals surface area contributed by atoms with Crippen molar-refractivity contribution in [2.24, 2.45) is 0 Å². The lowest BCUT2D eigenvalue weighted by atomic mass is 10.1. The Morgan fingerprint density at radius 1 is 1.06 bits per heavy atom. The number of carbonyl (C=O) groups excluding carboxylic acids is 1. The molecule has 1 aromatic carbocycles. The summed E-state index contributed by atoms with van der Waals surface area (Å²) in [6.45, 7) is 11.7. The first-order valence-electron chi connectivity index (χ1n) is 11.5. The first-order valence-corrected chi connectivity index (χ1v) is 11.5.